The van der Waals surface area contributed by atoms with Crippen LogP contribution in [-0.4, -0.2) is 155 Å². The number of primary amides is 1. The van der Waals surface area contributed by atoms with E-state index in [0.717, 1.165) is 32.7 Å². The highest BCUT2D eigenvalue weighted by molar-refractivity contribution is 5.99. The van der Waals surface area contributed by atoms with Gasteiger partial charge in [-0.1, -0.05) is 74.9 Å². The molecular weight excluding hydrogens is 1220 g/mol. The number of rotatable bonds is 45. The van der Waals surface area contributed by atoms with Gasteiger partial charge in [0, 0.05) is 70.6 Å². The molecule has 25 N–H and O–H groups in total. The van der Waals surface area contributed by atoms with Crippen molar-refractivity contribution in [3.05, 3.63) is 108 Å². The van der Waals surface area contributed by atoms with Gasteiger partial charge in [-0.15, -0.1) is 0 Å². The van der Waals surface area contributed by atoms with Crippen molar-refractivity contribution in [2.24, 2.45) is 46.1 Å². The van der Waals surface area contributed by atoms with Crippen LogP contribution in [0.1, 0.15) is 133 Å². The number of aromatic nitrogens is 3. The molecule has 9 atom stereocenters. The molecule has 0 fully saturated rings. The predicted molar refractivity (Wildman–Crippen MR) is 373 cm³/mol. The summed E-state index contributed by atoms with van der Waals surface area (Å²) in [4.78, 5) is 140. The minimum atomic E-state index is -1.40. The number of hydrogen-bond donors (Lipinski definition) is 18. The van der Waals surface area contributed by atoms with E-state index in [1.807, 2.05) is 86.6 Å². The van der Waals surface area contributed by atoms with Crippen LogP contribution >= 0.6 is 0 Å². The third kappa shape index (κ3) is 23.6. The van der Waals surface area contributed by atoms with Gasteiger partial charge in [-0.2, -0.15) is 0 Å². The van der Waals surface area contributed by atoms with Crippen molar-refractivity contribution in [3.8, 4) is 0 Å². The van der Waals surface area contributed by atoms with E-state index in [2.05, 4.69) is 57.5 Å². The van der Waals surface area contributed by atoms with E-state index >= 15 is 19.2 Å². The highest BCUT2D eigenvalue weighted by Gasteiger charge is 2.36. The maximum absolute atomic E-state index is 15.3. The topological polar surface area (TPSA) is 479 Å². The molecule has 3 aromatic carbocycles. The summed E-state index contributed by atoms with van der Waals surface area (Å²) in [5.41, 5.74) is 45.5. The molecule has 27 nitrogen and oxygen atoms in total. The molecule has 0 saturated carbocycles. The van der Waals surface area contributed by atoms with Crippen LogP contribution in [-0.2, 0) is 62.4 Å². The SMILES string of the molecule is CC(C)C[C@H](NC(=O)[C@H](Cc1c[nH]c2ccccc12)NC(=O)[C@H](CCCCN)NC(=O)[C@H](CCCCN)NC(=O)[C@H](Cc1c[nH]c2ccccc12)NC(=O)[C@H](Cc1c[nH]c2ccccc12)NC(=O)[C@H](CCCCN)NC(=O)[C@@H](N)CCCCN)C(=O)N[C@@H](CCCCN)C(N)=O. The molecular formula is C69H104N18O9. The van der Waals surface area contributed by atoms with Crippen molar-refractivity contribution in [2.45, 2.75) is 190 Å². The van der Waals surface area contributed by atoms with Crippen LogP contribution in [0.2, 0.25) is 0 Å². The van der Waals surface area contributed by atoms with Gasteiger partial charge in [0.25, 0.3) is 0 Å². The average Bonchev–Trinajstić information content (AvgIpc) is 1.70. The summed E-state index contributed by atoms with van der Waals surface area (Å²) in [7, 11) is 0. The fourth-order valence-electron chi connectivity index (χ4n) is 11.8. The van der Waals surface area contributed by atoms with E-state index in [-0.39, 0.29) is 70.4 Å². The van der Waals surface area contributed by atoms with E-state index in [1.54, 1.807) is 18.6 Å². The van der Waals surface area contributed by atoms with Crippen LogP contribution in [0.4, 0.5) is 0 Å². The molecule has 0 radical (unpaired) electrons. The Bertz CT molecular complexity index is 3470. The molecule has 0 aliphatic rings. The molecule has 0 aliphatic heterocycles. The maximum atomic E-state index is 15.3. The van der Waals surface area contributed by atoms with E-state index in [9.17, 15) is 24.0 Å². The van der Waals surface area contributed by atoms with Crippen molar-refractivity contribution >= 4 is 85.9 Å². The summed E-state index contributed by atoms with van der Waals surface area (Å²) in [6.45, 7) is 5.40. The minimum absolute atomic E-state index is 0.0430. The summed E-state index contributed by atoms with van der Waals surface area (Å²) in [5.74, 6) is -6.46. The van der Waals surface area contributed by atoms with Crippen molar-refractivity contribution in [3.63, 3.8) is 0 Å². The summed E-state index contributed by atoms with van der Waals surface area (Å²) >= 11 is 0. The summed E-state index contributed by atoms with van der Waals surface area (Å²) in [6, 6.07) is 11.3. The Morgan fingerprint density at radius 3 is 0.927 bits per heavy atom. The van der Waals surface area contributed by atoms with Crippen LogP contribution in [0.5, 0.6) is 0 Å². The number of amides is 9. The Morgan fingerprint density at radius 2 is 0.604 bits per heavy atom. The molecule has 96 heavy (non-hydrogen) atoms. The van der Waals surface area contributed by atoms with Gasteiger partial charge in [-0.25, -0.2) is 0 Å². The molecule has 0 saturated heterocycles. The van der Waals surface area contributed by atoms with Crippen LogP contribution in [0.3, 0.4) is 0 Å². The lowest BCUT2D eigenvalue weighted by Gasteiger charge is -2.28. The molecule has 0 aliphatic carbocycles. The monoisotopic (exact) mass is 1330 g/mol. The van der Waals surface area contributed by atoms with Crippen molar-refractivity contribution in [1.29, 1.82) is 0 Å². The summed E-state index contributed by atoms with van der Waals surface area (Å²) in [6.07, 6.45) is 11.0. The molecule has 3 heterocycles. The number of aromatic amines is 3. The van der Waals surface area contributed by atoms with E-state index in [1.165, 1.54) is 0 Å². The molecule has 0 unspecified atom stereocenters. The number of H-pyrrole nitrogens is 3. The zero-order valence-corrected chi connectivity index (χ0v) is 55.6. The second-order valence-electron chi connectivity index (χ2n) is 25.2. The third-order valence-corrected chi connectivity index (χ3v) is 17.2. The van der Waals surface area contributed by atoms with E-state index in [0.29, 0.717) is 107 Å². The van der Waals surface area contributed by atoms with Gasteiger partial charge >= 0.3 is 0 Å². The zero-order chi connectivity index (χ0) is 69.5. The second kappa shape index (κ2) is 40.0. The molecule has 0 spiro atoms. The Labute approximate surface area is 561 Å². The van der Waals surface area contributed by atoms with Crippen molar-refractivity contribution in [1.82, 2.24) is 57.5 Å². The standard InChI is InChI=1S/C69H104N18O9/c1-42(2)35-57(66(93)80-53(61(76)88)26-10-15-31-71)84-68(95)59(37-44-40-78-51-24-7-4-20-47(44)51)86-65(92)56(29-13-18-34-74)82-63(90)55(28-12-17-33-73)83-67(94)58(36-43-39-77-50-23-6-3-19-46(43)50)87-69(96)60(38-45-41-79-52-25-8-5-21-48(45)52)85-64(91)54(27-11-16-32-72)81-62(89)49(75)22-9-14-30-70/h3-8,19-21,23-25,39-42,49,53-60,77-79H,9-18,22,26-38,70-75H2,1-2H3,(H2,76,88)(H,80,93)(H,81,89)(H,82,90)(H,83,94)(H,84,95)(H,85,91)(H,86,92)(H,87,96)/t49-,53-,54-,55-,56-,57-,58-,59-,60-/m0/s1. The summed E-state index contributed by atoms with van der Waals surface area (Å²) in [5, 5.41) is 25.2. The Kier molecular flexibility index (Phi) is 31.8. The van der Waals surface area contributed by atoms with Gasteiger partial charge in [0.05, 0.1) is 6.04 Å². The predicted octanol–water partition coefficient (Wildman–Crippen LogP) is 1.54. The number of nitrogens with one attached hydrogen (secondary N) is 11. The molecule has 9 amide bonds. The largest absolute Gasteiger partial charge is 0.368 e. The third-order valence-electron chi connectivity index (χ3n) is 17.2. The lowest BCUT2D eigenvalue weighted by atomic mass is 9.99. The van der Waals surface area contributed by atoms with Gasteiger partial charge in [0.2, 0.25) is 53.2 Å². The Morgan fingerprint density at radius 1 is 0.344 bits per heavy atom. The first-order valence-electron chi connectivity index (χ1n) is 33.9. The van der Waals surface area contributed by atoms with E-state index < -0.39 is 108 Å². The number of benzene rings is 3. The average molecular weight is 1330 g/mol. The molecule has 0 bridgehead atoms. The maximum Gasteiger partial charge on any atom is 0.243 e. The second-order valence-corrected chi connectivity index (χ2v) is 25.2. The number of fused-ring (bicyclic) bond motifs is 3. The first kappa shape index (κ1) is 76.3. The molecule has 3 aromatic heterocycles. The van der Waals surface area contributed by atoms with Crippen molar-refractivity contribution < 1.29 is 43.2 Å². The fraction of sp³-hybridized carbons (Fsp3) is 0.522. The van der Waals surface area contributed by atoms with E-state index in [4.69, 9.17) is 40.1 Å². The smallest absolute Gasteiger partial charge is 0.243 e. The zero-order valence-electron chi connectivity index (χ0n) is 55.6. The number of carbonyl (C=O) groups excluding carboxylic acids is 9. The minimum Gasteiger partial charge on any atom is -0.368 e. The first-order valence-corrected chi connectivity index (χ1v) is 33.9. The lowest BCUT2D eigenvalue weighted by Crippen LogP contribution is -2.61. The number of carbonyl (C=O) groups is 9. The Balaban J connectivity index is 1.32. The van der Waals surface area contributed by atoms with Crippen LogP contribution < -0.4 is 82.7 Å². The van der Waals surface area contributed by atoms with Crippen LogP contribution in [0.15, 0.2) is 91.4 Å². The van der Waals surface area contributed by atoms with Gasteiger partial charge in [0.1, 0.15) is 48.3 Å². The highest BCUT2D eigenvalue weighted by Crippen LogP contribution is 2.24. The van der Waals surface area contributed by atoms with Gasteiger partial charge in [0.15, 0.2) is 0 Å². The van der Waals surface area contributed by atoms with Gasteiger partial charge in [-0.3, -0.25) is 43.2 Å². The molecule has 6 rings (SSSR count). The molecule has 6 aromatic rings. The fourth-order valence-corrected chi connectivity index (χ4v) is 11.8. The normalized spacial score (nSPS) is 14.3. The number of para-hydroxylation sites is 3. The number of nitrogens with two attached hydrogens (primary N) is 7. The summed E-state index contributed by atoms with van der Waals surface area (Å²) < 4.78 is 0. The first-order chi connectivity index (χ1) is 46.3. The highest BCUT2D eigenvalue weighted by atomic mass is 16.2. The van der Waals surface area contributed by atoms with Crippen molar-refractivity contribution in [2.75, 3.05) is 32.7 Å². The molecule has 27 heteroatoms. The molecule has 524 valence electrons. The number of hydrogen-bond acceptors (Lipinski definition) is 15. The van der Waals surface area contributed by atoms with Crippen LogP contribution in [0.25, 0.3) is 32.7 Å². The Hall–Kier alpha value is -8.73. The number of unbranched alkanes of at least 4 members (excludes halogenated alkanes) is 5. The van der Waals surface area contributed by atoms with Gasteiger partial charge in [-0.05, 0) is 170 Å². The van der Waals surface area contributed by atoms with Gasteiger partial charge < -0.3 is 97.6 Å². The quantitative estimate of drug-likeness (QED) is 0.0241. The van der Waals surface area contributed by atoms with Crippen LogP contribution in [0, 0.1) is 5.92 Å². The lowest BCUT2D eigenvalue weighted by molar-refractivity contribution is -0.136.